The van der Waals surface area contributed by atoms with Crippen molar-refractivity contribution in [3.05, 3.63) is 29.8 Å². The van der Waals surface area contributed by atoms with Crippen LogP contribution in [0, 0.1) is 5.92 Å². The second-order valence-corrected chi connectivity index (χ2v) is 3.97. The number of rotatable bonds is 3. The van der Waals surface area contributed by atoms with Gasteiger partial charge in [0.05, 0.1) is 0 Å². The minimum Gasteiger partial charge on any atom is -0.508 e. The fraction of sp³-hybridized carbons (Fsp3) is 0.417. The highest BCUT2D eigenvalue weighted by molar-refractivity contribution is 5.65. The number of carbonyl (C=O) groups is 1. The maximum absolute atomic E-state index is 10.7. The van der Waals surface area contributed by atoms with E-state index in [2.05, 4.69) is 6.92 Å². The van der Waals surface area contributed by atoms with Crippen molar-refractivity contribution in [1.82, 2.24) is 0 Å². The third-order valence-electron chi connectivity index (χ3n) is 3.37. The topological polar surface area (TPSA) is 37.3 Å². The summed E-state index contributed by atoms with van der Waals surface area (Å²) in [5.41, 5.74) is 0.854. The van der Waals surface area contributed by atoms with Gasteiger partial charge in [0.25, 0.3) is 0 Å². The largest absolute Gasteiger partial charge is 0.508 e. The fourth-order valence-electron chi connectivity index (χ4n) is 2.31. The summed E-state index contributed by atoms with van der Waals surface area (Å²) in [7, 11) is 0. The van der Waals surface area contributed by atoms with Gasteiger partial charge in [-0.15, -0.1) is 0 Å². The number of carbonyl (C=O) groups excluding carboxylic acids is 1. The molecule has 0 saturated heterocycles. The van der Waals surface area contributed by atoms with E-state index in [1.165, 1.54) is 0 Å². The van der Waals surface area contributed by atoms with Crippen LogP contribution in [0.25, 0.3) is 0 Å². The Morgan fingerprint density at radius 2 is 2.29 bits per heavy atom. The average Bonchev–Trinajstić information content (AvgIpc) is 2.93. The molecule has 2 unspecified atom stereocenters. The summed E-state index contributed by atoms with van der Waals surface area (Å²) in [4.78, 5) is 10.7. The van der Waals surface area contributed by atoms with E-state index in [9.17, 15) is 9.90 Å². The van der Waals surface area contributed by atoms with E-state index >= 15 is 0 Å². The van der Waals surface area contributed by atoms with Gasteiger partial charge in [0.15, 0.2) is 0 Å². The highest BCUT2D eigenvalue weighted by atomic mass is 16.3. The Bertz CT molecular complexity index is 359. The normalized spacial score (nSPS) is 29.9. The molecule has 2 heteroatoms. The van der Waals surface area contributed by atoms with E-state index in [0.29, 0.717) is 5.75 Å². The van der Waals surface area contributed by atoms with Crippen LogP contribution in [0.2, 0.25) is 0 Å². The van der Waals surface area contributed by atoms with E-state index in [4.69, 9.17) is 0 Å². The number of hydrogen-bond acceptors (Lipinski definition) is 2. The zero-order valence-corrected chi connectivity index (χ0v) is 8.23. The molecule has 1 aromatic rings. The molecule has 0 heterocycles. The number of phenolic OH excluding ortho intramolecular Hbond substituents is 1. The van der Waals surface area contributed by atoms with Crippen molar-refractivity contribution in [2.45, 2.75) is 25.2 Å². The van der Waals surface area contributed by atoms with Gasteiger partial charge in [-0.2, -0.15) is 0 Å². The van der Waals surface area contributed by atoms with Crippen molar-refractivity contribution in [2.24, 2.45) is 5.92 Å². The van der Waals surface area contributed by atoms with E-state index < -0.39 is 0 Å². The van der Waals surface area contributed by atoms with Gasteiger partial charge in [0.2, 0.25) is 0 Å². The summed E-state index contributed by atoms with van der Waals surface area (Å²) in [6, 6.07) is 7.32. The molecule has 2 nitrogen and oxygen atoms in total. The Morgan fingerprint density at radius 1 is 1.57 bits per heavy atom. The van der Waals surface area contributed by atoms with Gasteiger partial charge in [0, 0.05) is 16.9 Å². The summed E-state index contributed by atoms with van der Waals surface area (Å²) < 4.78 is 0. The van der Waals surface area contributed by atoms with Crippen LogP contribution in [0.1, 0.15) is 25.3 Å². The summed E-state index contributed by atoms with van der Waals surface area (Å²) in [6.07, 6.45) is 2.80. The number of hydrogen-bond donors (Lipinski definition) is 1. The quantitative estimate of drug-likeness (QED) is 0.742. The minimum absolute atomic E-state index is 0.0763. The molecule has 0 bridgehead atoms. The molecule has 1 aliphatic rings. The molecule has 1 saturated carbocycles. The van der Waals surface area contributed by atoms with Crippen LogP contribution in [0.3, 0.4) is 0 Å². The van der Waals surface area contributed by atoms with Gasteiger partial charge in [-0.1, -0.05) is 25.1 Å². The first kappa shape index (κ1) is 9.25. The Morgan fingerprint density at radius 3 is 2.79 bits per heavy atom. The lowest BCUT2D eigenvalue weighted by molar-refractivity contribution is -0.109. The number of phenols is 1. The highest BCUT2D eigenvalue weighted by Gasteiger charge is 2.54. The average molecular weight is 190 g/mol. The molecule has 0 aromatic heterocycles. The number of aldehydes is 1. The van der Waals surface area contributed by atoms with Crippen molar-refractivity contribution in [3.63, 3.8) is 0 Å². The van der Waals surface area contributed by atoms with Crippen LogP contribution in [0.4, 0.5) is 0 Å². The van der Waals surface area contributed by atoms with Crippen LogP contribution in [0.5, 0.6) is 5.75 Å². The summed E-state index contributed by atoms with van der Waals surface area (Å²) in [6.45, 7) is 2.07. The first-order chi connectivity index (χ1) is 6.74. The van der Waals surface area contributed by atoms with Crippen molar-refractivity contribution in [2.75, 3.05) is 0 Å². The van der Waals surface area contributed by atoms with Crippen molar-refractivity contribution in [1.29, 1.82) is 0 Å². The molecule has 0 amide bonds. The Kier molecular flexibility index (Phi) is 2.06. The monoisotopic (exact) mass is 190 g/mol. The first-order valence-corrected chi connectivity index (χ1v) is 4.98. The lowest BCUT2D eigenvalue weighted by Crippen LogP contribution is -2.09. The molecule has 1 aliphatic carbocycles. The number of benzene rings is 1. The molecular formula is C12H14O2. The highest BCUT2D eigenvalue weighted by Crippen LogP contribution is 2.57. The second kappa shape index (κ2) is 3.12. The predicted octanol–water partition coefficient (Wildman–Crippen LogP) is 2.26. The van der Waals surface area contributed by atoms with Crippen molar-refractivity contribution in [3.8, 4) is 5.75 Å². The zero-order chi connectivity index (χ0) is 10.2. The molecule has 1 N–H and O–H groups in total. The van der Waals surface area contributed by atoms with Gasteiger partial charge in [-0.05, 0) is 18.9 Å². The predicted molar refractivity (Wildman–Crippen MR) is 54.2 cm³/mol. The molecule has 0 radical (unpaired) electrons. The third-order valence-corrected chi connectivity index (χ3v) is 3.37. The standard InChI is InChI=1S/C12H14O2/c1-2-12(7-9(12)8-13)10-5-3-4-6-11(10)14/h3-6,8-9,14H,2,7H2,1H3. The Hall–Kier alpha value is -1.31. The van der Waals surface area contributed by atoms with Crippen LogP contribution in [-0.2, 0) is 10.2 Å². The van der Waals surface area contributed by atoms with Gasteiger partial charge >= 0.3 is 0 Å². The molecule has 0 spiro atoms. The summed E-state index contributed by atoms with van der Waals surface area (Å²) in [5, 5.41) is 9.71. The Labute approximate surface area is 83.6 Å². The second-order valence-electron chi connectivity index (χ2n) is 3.97. The summed E-state index contributed by atoms with van der Waals surface area (Å²) >= 11 is 0. The van der Waals surface area contributed by atoms with Crippen LogP contribution in [0.15, 0.2) is 24.3 Å². The van der Waals surface area contributed by atoms with Crippen molar-refractivity contribution >= 4 is 6.29 Å². The smallest absolute Gasteiger partial charge is 0.123 e. The summed E-state index contributed by atoms with van der Waals surface area (Å²) in [5.74, 6) is 0.416. The van der Waals surface area contributed by atoms with Gasteiger partial charge in [-0.25, -0.2) is 0 Å². The van der Waals surface area contributed by atoms with Crippen molar-refractivity contribution < 1.29 is 9.90 Å². The first-order valence-electron chi connectivity index (χ1n) is 4.98. The SMILES string of the molecule is CCC1(c2ccccc2O)CC1C=O. The van der Waals surface area contributed by atoms with E-state index in [-0.39, 0.29) is 11.3 Å². The number of para-hydroxylation sites is 1. The Balaban J connectivity index is 2.40. The molecule has 1 fully saturated rings. The molecule has 0 aliphatic heterocycles. The molecule has 2 rings (SSSR count). The van der Waals surface area contributed by atoms with Gasteiger partial charge < -0.3 is 9.90 Å². The number of aromatic hydroxyl groups is 1. The van der Waals surface area contributed by atoms with E-state index in [1.807, 2.05) is 12.1 Å². The third kappa shape index (κ3) is 1.14. The van der Waals surface area contributed by atoms with E-state index in [1.54, 1.807) is 12.1 Å². The molecule has 14 heavy (non-hydrogen) atoms. The molecule has 74 valence electrons. The maximum atomic E-state index is 10.7. The van der Waals surface area contributed by atoms with Gasteiger partial charge in [-0.3, -0.25) is 0 Å². The van der Waals surface area contributed by atoms with Crippen LogP contribution >= 0.6 is 0 Å². The molecule has 1 aromatic carbocycles. The van der Waals surface area contributed by atoms with Crippen LogP contribution < -0.4 is 0 Å². The lowest BCUT2D eigenvalue weighted by atomic mass is 9.90. The van der Waals surface area contributed by atoms with E-state index in [0.717, 1.165) is 24.7 Å². The minimum atomic E-state index is -0.0763. The molecular weight excluding hydrogens is 176 g/mol. The fourth-order valence-corrected chi connectivity index (χ4v) is 2.31. The zero-order valence-electron chi connectivity index (χ0n) is 8.23. The molecule has 2 atom stereocenters. The maximum Gasteiger partial charge on any atom is 0.123 e. The lowest BCUT2D eigenvalue weighted by Gasteiger charge is -2.15. The van der Waals surface area contributed by atoms with Crippen LogP contribution in [-0.4, -0.2) is 11.4 Å². The van der Waals surface area contributed by atoms with Gasteiger partial charge in [0.1, 0.15) is 12.0 Å².